The average molecular weight is 954 g/mol. The Bertz CT molecular complexity index is 1140. The summed E-state index contributed by atoms with van der Waals surface area (Å²) in [5.41, 5.74) is 0. The fraction of sp³-hybridized carbons (Fsp3) is 0.911. The van der Waals surface area contributed by atoms with E-state index in [0.29, 0.717) is 12.8 Å². The highest BCUT2D eigenvalue weighted by molar-refractivity contribution is 5.80. The highest BCUT2D eigenvalue weighted by Gasteiger charge is 2.44. The minimum atomic E-state index is -1.67. The van der Waals surface area contributed by atoms with Gasteiger partial charge < -0.3 is 50.5 Å². The molecule has 396 valence electrons. The molecule has 9 unspecified atom stereocenters. The molecule has 0 aromatic heterocycles. The molecule has 1 amide bonds. The lowest BCUT2D eigenvalue weighted by Gasteiger charge is -2.40. The van der Waals surface area contributed by atoms with E-state index in [9.17, 15) is 40.5 Å². The Morgan fingerprint density at radius 2 is 0.881 bits per heavy atom. The number of aliphatic hydroxyl groups excluding tert-OH is 7. The molecule has 1 aliphatic rings. The topological polar surface area (TPSA) is 189 Å². The van der Waals surface area contributed by atoms with Crippen LogP contribution < -0.4 is 5.32 Å². The number of rotatable bonds is 48. The fourth-order valence-corrected chi connectivity index (χ4v) is 9.08. The zero-order valence-corrected chi connectivity index (χ0v) is 43.1. The first kappa shape index (κ1) is 63.6. The van der Waals surface area contributed by atoms with Gasteiger partial charge in [-0.15, -0.1) is 0 Å². The number of allylic oxidation sites excluding steroid dienone is 4. The van der Waals surface area contributed by atoms with Crippen molar-refractivity contribution in [1.82, 2.24) is 5.32 Å². The van der Waals surface area contributed by atoms with E-state index in [2.05, 4.69) is 43.5 Å². The van der Waals surface area contributed by atoms with Crippen LogP contribution in [0.1, 0.15) is 258 Å². The normalized spacial score (nSPS) is 20.8. The Balaban J connectivity index is 2.28. The van der Waals surface area contributed by atoms with Gasteiger partial charge in [0.25, 0.3) is 0 Å². The summed E-state index contributed by atoms with van der Waals surface area (Å²) < 4.78 is 11.1. The van der Waals surface area contributed by atoms with Gasteiger partial charge in [-0.3, -0.25) is 4.79 Å². The molecule has 11 heteroatoms. The van der Waals surface area contributed by atoms with Crippen LogP contribution in [0.3, 0.4) is 0 Å². The second-order valence-corrected chi connectivity index (χ2v) is 20.0. The molecule has 1 heterocycles. The molecule has 1 aliphatic heterocycles. The smallest absolute Gasteiger partial charge is 0.249 e. The van der Waals surface area contributed by atoms with Crippen LogP contribution in [0.5, 0.6) is 0 Å². The van der Waals surface area contributed by atoms with E-state index in [4.69, 9.17) is 9.47 Å². The third-order valence-corrected chi connectivity index (χ3v) is 13.7. The monoisotopic (exact) mass is 954 g/mol. The molecule has 67 heavy (non-hydrogen) atoms. The summed E-state index contributed by atoms with van der Waals surface area (Å²) in [7, 11) is 0. The number of aliphatic hydroxyl groups is 7. The molecule has 0 aliphatic carbocycles. The number of carbonyl (C=O) groups is 1. The number of unbranched alkanes of at least 4 members (excludes halogenated alkanes) is 32. The number of amides is 1. The molecule has 0 saturated carbocycles. The van der Waals surface area contributed by atoms with Gasteiger partial charge in [0, 0.05) is 0 Å². The van der Waals surface area contributed by atoms with E-state index in [-0.39, 0.29) is 12.8 Å². The minimum Gasteiger partial charge on any atom is -0.394 e. The maximum Gasteiger partial charge on any atom is 0.249 e. The van der Waals surface area contributed by atoms with Crippen LogP contribution in [0.15, 0.2) is 24.3 Å². The van der Waals surface area contributed by atoms with Crippen molar-refractivity contribution in [1.29, 1.82) is 0 Å². The zero-order chi connectivity index (χ0) is 49.0. The van der Waals surface area contributed by atoms with Gasteiger partial charge in [-0.1, -0.05) is 218 Å². The second-order valence-electron chi connectivity index (χ2n) is 20.0. The molecule has 0 aromatic carbocycles. The van der Waals surface area contributed by atoms with Gasteiger partial charge in [-0.25, -0.2) is 0 Å². The Hall–Kier alpha value is -1.41. The molecule has 11 nitrogen and oxygen atoms in total. The van der Waals surface area contributed by atoms with Crippen LogP contribution in [-0.2, 0) is 14.3 Å². The van der Waals surface area contributed by atoms with E-state index < -0.39 is 74.2 Å². The van der Waals surface area contributed by atoms with Crippen molar-refractivity contribution in [2.45, 2.75) is 313 Å². The Kier molecular flexibility index (Phi) is 43.4. The van der Waals surface area contributed by atoms with Gasteiger partial charge in [0.15, 0.2) is 6.29 Å². The van der Waals surface area contributed by atoms with E-state index in [1.54, 1.807) is 0 Å². The van der Waals surface area contributed by atoms with Gasteiger partial charge >= 0.3 is 0 Å². The van der Waals surface area contributed by atoms with Crippen molar-refractivity contribution in [3.63, 3.8) is 0 Å². The quantitative estimate of drug-likeness (QED) is 0.0215. The Labute approximate surface area is 410 Å². The van der Waals surface area contributed by atoms with Crippen LogP contribution in [0, 0.1) is 0 Å². The second kappa shape index (κ2) is 45.7. The summed E-state index contributed by atoms with van der Waals surface area (Å²) in [6.07, 6.45) is 42.6. The van der Waals surface area contributed by atoms with Gasteiger partial charge in [0.05, 0.1) is 25.4 Å². The number of nitrogens with one attached hydrogen (secondary N) is 1. The lowest BCUT2D eigenvalue weighted by molar-refractivity contribution is -0.303. The largest absolute Gasteiger partial charge is 0.394 e. The van der Waals surface area contributed by atoms with Crippen LogP contribution in [0.25, 0.3) is 0 Å². The molecule has 1 saturated heterocycles. The van der Waals surface area contributed by atoms with Crippen molar-refractivity contribution in [3.8, 4) is 0 Å². The maximum absolute atomic E-state index is 13.1. The van der Waals surface area contributed by atoms with Crippen LogP contribution in [-0.4, -0.2) is 110 Å². The van der Waals surface area contributed by atoms with E-state index >= 15 is 0 Å². The Morgan fingerprint density at radius 1 is 0.507 bits per heavy atom. The molecule has 0 radical (unpaired) electrons. The first-order valence-corrected chi connectivity index (χ1v) is 28.2. The summed E-state index contributed by atoms with van der Waals surface area (Å²) in [4.78, 5) is 13.1. The predicted octanol–water partition coefficient (Wildman–Crippen LogP) is 11.3. The number of hydrogen-bond acceptors (Lipinski definition) is 10. The maximum atomic E-state index is 13.1. The lowest BCUT2D eigenvalue weighted by Crippen LogP contribution is -2.60. The summed E-state index contributed by atoms with van der Waals surface area (Å²) >= 11 is 0. The highest BCUT2D eigenvalue weighted by Crippen LogP contribution is 2.23. The molecule has 1 fully saturated rings. The predicted molar refractivity (Wildman–Crippen MR) is 275 cm³/mol. The first-order chi connectivity index (χ1) is 32.7. The first-order valence-electron chi connectivity index (χ1n) is 28.2. The number of carbonyl (C=O) groups excluding carboxylic acids is 1. The van der Waals surface area contributed by atoms with Crippen molar-refractivity contribution in [3.05, 3.63) is 24.3 Å². The third kappa shape index (κ3) is 34.5. The van der Waals surface area contributed by atoms with E-state index in [0.717, 1.165) is 38.5 Å². The third-order valence-electron chi connectivity index (χ3n) is 13.7. The zero-order valence-electron chi connectivity index (χ0n) is 43.1. The molecular formula is C56H107NO10. The van der Waals surface area contributed by atoms with E-state index in [1.807, 2.05) is 0 Å². The van der Waals surface area contributed by atoms with E-state index in [1.165, 1.54) is 180 Å². The molecule has 1 rings (SSSR count). The van der Waals surface area contributed by atoms with Crippen LogP contribution in [0.4, 0.5) is 0 Å². The summed E-state index contributed by atoms with van der Waals surface area (Å²) in [5.74, 6) is -0.722. The fourth-order valence-electron chi connectivity index (χ4n) is 9.08. The summed E-state index contributed by atoms with van der Waals surface area (Å²) in [6, 6.07) is -1.19. The van der Waals surface area contributed by atoms with Gasteiger partial charge in [0.2, 0.25) is 5.91 Å². The molecule has 8 N–H and O–H groups in total. The minimum absolute atomic E-state index is 0.224. The van der Waals surface area contributed by atoms with Gasteiger partial charge in [-0.2, -0.15) is 0 Å². The summed E-state index contributed by atoms with van der Waals surface area (Å²) in [5, 5.41) is 75.9. The highest BCUT2D eigenvalue weighted by atomic mass is 16.7. The van der Waals surface area contributed by atoms with Gasteiger partial charge in [0.1, 0.15) is 36.6 Å². The molecular weight excluding hydrogens is 847 g/mol. The van der Waals surface area contributed by atoms with Crippen molar-refractivity contribution in [2.24, 2.45) is 0 Å². The molecule has 0 bridgehead atoms. The van der Waals surface area contributed by atoms with Crippen molar-refractivity contribution in [2.75, 3.05) is 13.2 Å². The van der Waals surface area contributed by atoms with Crippen LogP contribution in [0.2, 0.25) is 0 Å². The molecule has 9 atom stereocenters. The van der Waals surface area contributed by atoms with Gasteiger partial charge in [-0.05, 0) is 64.2 Å². The van der Waals surface area contributed by atoms with Crippen LogP contribution >= 0.6 is 0 Å². The van der Waals surface area contributed by atoms with Crippen molar-refractivity contribution >= 4 is 5.91 Å². The SMILES string of the molecule is CCCCCCCC/C=C\CCCCC(O)C(=O)NC(COC1OC(CO)C(O)C(O)C1O)C(O)C(O)CCC/C=C/CCCCCCCCCCCCCCCCCCCCCCCCC. The number of ether oxygens (including phenoxy) is 2. The standard InChI is InChI=1S/C56H107NO10/c1-3-5-7-9-11-13-15-17-18-19-20-21-22-23-24-25-26-27-28-29-30-31-32-34-35-37-39-41-43-48(59)51(61)47(46-66-56-54(64)53(63)52(62)50(45-58)67-56)57-55(65)49(60)44-42-40-38-36-33-16-14-12-10-8-6-4-2/h33,35-37,47-54,56,58-64H,3-32,34,38-46H2,1-2H3,(H,57,65)/b36-33-,37-35+. The average Bonchev–Trinajstić information content (AvgIpc) is 3.33. The lowest BCUT2D eigenvalue weighted by atomic mass is 9.98. The number of hydrogen-bond donors (Lipinski definition) is 8. The Morgan fingerprint density at radius 3 is 1.28 bits per heavy atom. The summed E-state index contributed by atoms with van der Waals surface area (Å²) in [6.45, 7) is 3.43. The van der Waals surface area contributed by atoms with Crippen molar-refractivity contribution < 1.29 is 50.0 Å². The molecule has 0 aromatic rings. The molecule has 0 spiro atoms.